The molecule has 0 N–H and O–H groups in total. The first-order valence-corrected chi connectivity index (χ1v) is 11.3. The molecule has 2 unspecified atom stereocenters. The van der Waals surface area contributed by atoms with Crippen LogP contribution in [0.2, 0.25) is 0 Å². The van der Waals surface area contributed by atoms with Gasteiger partial charge in [-0.25, -0.2) is 0 Å². The van der Waals surface area contributed by atoms with E-state index < -0.39 is 23.3 Å². The Morgan fingerprint density at radius 3 is 1.53 bits per heavy atom. The maximum atomic E-state index is 15.0. The van der Waals surface area contributed by atoms with Gasteiger partial charge in [-0.15, -0.1) is 22.3 Å². The van der Waals surface area contributed by atoms with Crippen LogP contribution in [0.4, 0.5) is 17.6 Å². The largest absolute Gasteiger partial charge is 2.00 e. The van der Waals surface area contributed by atoms with Crippen molar-refractivity contribution >= 4 is 0 Å². The summed E-state index contributed by atoms with van der Waals surface area (Å²) in [5.41, 5.74) is -0.120. The molecule has 0 aliphatic heterocycles. The first kappa shape index (κ1) is 27.7. The van der Waals surface area contributed by atoms with E-state index in [9.17, 15) is 8.78 Å². The molecule has 0 saturated carbocycles. The van der Waals surface area contributed by atoms with Crippen molar-refractivity contribution in [1.29, 1.82) is 0 Å². The van der Waals surface area contributed by atoms with Gasteiger partial charge in [0.25, 0.3) is 0 Å². The fourth-order valence-corrected chi connectivity index (χ4v) is 3.74. The molecular formula is C26H24F4N4OPt. The van der Waals surface area contributed by atoms with Crippen LogP contribution in [-0.2, 0) is 21.1 Å². The third kappa shape index (κ3) is 5.26. The number of nitrogens with zero attached hydrogens (tertiary/aromatic N) is 4. The van der Waals surface area contributed by atoms with Crippen LogP contribution in [0, 0.1) is 35.4 Å². The van der Waals surface area contributed by atoms with Gasteiger partial charge in [0.15, 0.2) is 0 Å². The zero-order chi connectivity index (χ0) is 25.3. The van der Waals surface area contributed by atoms with Crippen molar-refractivity contribution in [2.24, 2.45) is 0 Å². The average molecular weight is 680 g/mol. The molecule has 5 nitrogen and oxygen atoms in total. The Hall–Kier alpha value is -2.93. The summed E-state index contributed by atoms with van der Waals surface area (Å²) in [6.45, 7) is 7.18. The van der Waals surface area contributed by atoms with Gasteiger partial charge in [-0.2, -0.15) is 12.1 Å². The van der Waals surface area contributed by atoms with Crippen molar-refractivity contribution in [3.05, 3.63) is 83.2 Å². The predicted molar refractivity (Wildman–Crippen MR) is 122 cm³/mol. The molecule has 192 valence electrons. The second-order valence-electron chi connectivity index (χ2n) is 8.34. The Labute approximate surface area is 221 Å². The average Bonchev–Trinajstić information content (AvgIpc) is 3.49. The van der Waals surface area contributed by atoms with E-state index in [1.54, 1.807) is 13.8 Å². The molecule has 0 spiro atoms. The molecule has 2 aromatic heterocycles. The summed E-state index contributed by atoms with van der Waals surface area (Å²) in [6, 6.07) is 10.3. The minimum atomic E-state index is -0.738. The zero-order valence-electron chi connectivity index (χ0n) is 20.1. The van der Waals surface area contributed by atoms with Gasteiger partial charge >= 0.3 is 21.1 Å². The zero-order valence-corrected chi connectivity index (χ0v) is 22.3. The summed E-state index contributed by atoms with van der Waals surface area (Å²) in [5, 5.41) is 8.34. The molecule has 0 aliphatic carbocycles. The number of benzene rings is 2. The van der Waals surface area contributed by atoms with Gasteiger partial charge < -0.3 is 4.74 Å². The second-order valence-corrected chi connectivity index (χ2v) is 8.34. The van der Waals surface area contributed by atoms with E-state index in [1.807, 2.05) is 13.8 Å². The maximum absolute atomic E-state index is 15.0. The molecule has 0 bridgehead atoms. The van der Waals surface area contributed by atoms with E-state index in [-0.39, 0.29) is 67.2 Å². The van der Waals surface area contributed by atoms with E-state index in [0.717, 1.165) is 12.1 Å². The van der Waals surface area contributed by atoms with Gasteiger partial charge in [0.05, 0.1) is 0 Å². The summed E-state index contributed by atoms with van der Waals surface area (Å²) >= 11 is 0. The van der Waals surface area contributed by atoms with Crippen LogP contribution in [0.5, 0.6) is 11.8 Å². The molecule has 4 rings (SSSR count). The summed E-state index contributed by atoms with van der Waals surface area (Å²) in [6.07, 6.45) is 4.04. The number of hydrogen-bond donors (Lipinski definition) is 0. The van der Waals surface area contributed by atoms with Gasteiger partial charge in [-0.1, -0.05) is 51.7 Å². The molecule has 36 heavy (non-hydrogen) atoms. The van der Waals surface area contributed by atoms with Crippen LogP contribution >= 0.6 is 0 Å². The number of halogens is 4. The Balaban J connectivity index is 0.00000361. The van der Waals surface area contributed by atoms with E-state index >= 15 is 8.78 Å². The first-order valence-electron chi connectivity index (χ1n) is 11.3. The van der Waals surface area contributed by atoms with Gasteiger partial charge in [0.1, 0.15) is 0 Å². The summed E-state index contributed by atoms with van der Waals surface area (Å²) < 4.78 is 66.4. The molecule has 10 heteroatoms. The quantitative estimate of drug-likeness (QED) is 0.149. The SMILES string of the molecule is CCC(C)c1c(F)c[c-]c(-n2ccc(Oc3ccn(-c4[c-]cc(F)c(C(C)CC)c4F)n3)n2)c1F.[Pt+2]. The number of ether oxygens (including phenoxy) is 1. The molecule has 0 amide bonds. The number of hydrogen-bond acceptors (Lipinski definition) is 3. The molecule has 2 atom stereocenters. The normalized spacial score (nSPS) is 12.8. The van der Waals surface area contributed by atoms with Gasteiger partial charge in [-0.05, 0) is 23.2 Å². The molecular weight excluding hydrogens is 655 g/mol. The molecule has 0 saturated heterocycles. The van der Waals surface area contributed by atoms with E-state index in [0.29, 0.717) is 12.8 Å². The first-order chi connectivity index (χ1) is 16.7. The standard InChI is InChI=1S/C26H24F4N4O.Pt/c1-5-15(3)23-17(27)7-9-19(25(23)29)33-13-11-21(31-33)35-22-12-14-34(32-22)20-10-8-18(28)24(26(20)30)16(4)6-2;/h7-8,11-16H,5-6H2,1-4H3;/q-2;+2. The van der Waals surface area contributed by atoms with Gasteiger partial charge in [0.2, 0.25) is 11.8 Å². The van der Waals surface area contributed by atoms with Crippen molar-refractivity contribution in [2.75, 3.05) is 0 Å². The third-order valence-electron chi connectivity index (χ3n) is 6.08. The van der Waals surface area contributed by atoms with Crippen LogP contribution in [0.1, 0.15) is 63.5 Å². The number of rotatable bonds is 8. The van der Waals surface area contributed by atoms with E-state index in [4.69, 9.17) is 4.74 Å². The van der Waals surface area contributed by atoms with Crippen LogP contribution in [0.15, 0.2) is 36.7 Å². The fourth-order valence-electron chi connectivity index (χ4n) is 3.74. The van der Waals surface area contributed by atoms with Crippen LogP contribution in [0.25, 0.3) is 11.4 Å². The van der Waals surface area contributed by atoms with Crippen molar-refractivity contribution in [3.8, 4) is 23.1 Å². The molecule has 0 radical (unpaired) electrons. The van der Waals surface area contributed by atoms with E-state index in [1.165, 1.54) is 33.9 Å². The molecule has 0 aliphatic rings. The third-order valence-corrected chi connectivity index (χ3v) is 6.08. The molecule has 2 aromatic carbocycles. The van der Waals surface area contributed by atoms with Crippen LogP contribution < -0.4 is 4.74 Å². The summed E-state index contributed by atoms with van der Waals surface area (Å²) in [4.78, 5) is 0. The topological polar surface area (TPSA) is 44.9 Å². The van der Waals surface area contributed by atoms with Crippen molar-refractivity contribution in [1.82, 2.24) is 19.6 Å². The Bertz CT molecular complexity index is 1250. The van der Waals surface area contributed by atoms with Gasteiger partial charge in [-0.3, -0.25) is 26.9 Å². The monoisotopic (exact) mass is 679 g/mol. The molecule has 4 aromatic rings. The summed E-state index contributed by atoms with van der Waals surface area (Å²) in [7, 11) is 0. The Morgan fingerprint density at radius 2 is 1.17 bits per heavy atom. The maximum Gasteiger partial charge on any atom is 2.00 e. The van der Waals surface area contributed by atoms with Crippen LogP contribution in [0.3, 0.4) is 0 Å². The summed E-state index contributed by atoms with van der Waals surface area (Å²) in [5.74, 6) is -3.25. The van der Waals surface area contributed by atoms with Gasteiger partial charge in [0, 0.05) is 47.8 Å². The fraction of sp³-hybridized carbons (Fsp3) is 0.308. The second kappa shape index (κ2) is 11.4. The molecule has 2 heterocycles. The molecule has 0 fully saturated rings. The van der Waals surface area contributed by atoms with Crippen molar-refractivity contribution in [2.45, 2.75) is 52.4 Å². The number of aromatic nitrogens is 4. The van der Waals surface area contributed by atoms with Crippen molar-refractivity contribution < 1.29 is 43.4 Å². The van der Waals surface area contributed by atoms with Crippen molar-refractivity contribution in [3.63, 3.8) is 0 Å². The van der Waals surface area contributed by atoms with E-state index in [2.05, 4.69) is 22.3 Å². The minimum absolute atomic E-state index is 0. The Kier molecular flexibility index (Phi) is 8.77. The van der Waals surface area contributed by atoms with Crippen LogP contribution in [-0.4, -0.2) is 19.6 Å². The predicted octanol–water partition coefficient (Wildman–Crippen LogP) is 7.03. The Morgan fingerprint density at radius 1 is 0.778 bits per heavy atom. The smallest absolute Gasteiger partial charge is 0.417 e. The minimum Gasteiger partial charge on any atom is -0.417 e.